The summed E-state index contributed by atoms with van der Waals surface area (Å²) < 4.78 is 6.56. The zero-order valence-electron chi connectivity index (χ0n) is 11.7. The highest BCUT2D eigenvalue weighted by Gasteiger charge is 2.18. The van der Waals surface area contributed by atoms with Crippen molar-refractivity contribution in [3.8, 4) is 0 Å². The van der Waals surface area contributed by atoms with Crippen molar-refractivity contribution in [2.24, 2.45) is 5.92 Å². The summed E-state index contributed by atoms with van der Waals surface area (Å²) in [5.41, 5.74) is 2.38. The van der Waals surface area contributed by atoms with E-state index in [1.807, 2.05) is 12.3 Å². The molecule has 1 aromatic carbocycles. The molecule has 3 nitrogen and oxygen atoms in total. The highest BCUT2D eigenvalue weighted by molar-refractivity contribution is 9.10. The third-order valence-corrected chi connectivity index (χ3v) is 4.53. The molecule has 1 aromatic heterocycles. The number of pyridine rings is 1. The SMILES string of the molecule is CN(Cc1ccc(Br)c2cccnc12)C[C@@H]1CCOC1. The van der Waals surface area contributed by atoms with Gasteiger partial charge < -0.3 is 9.64 Å². The van der Waals surface area contributed by atoms with Gasteiger partial charge in [-0.2, -0.15) is 0 Å². The fourth-order valence-electron chi connectivity index (χ4n) is 2.85. The van der Waals surface area contributed by atoms with Gasteiger partial charge >= 0.3 is 0 Å². The summed E-state index contributed by atoms with van der Waals surface area (Å²) in [5.74, 6) is 0.676. The first-order chi connectivity index (χ1) is 9.74. The van der Waals surface area contributed by atoms with E-state index in [0.717, 1.165) is 36.3 Å². The van der Waals surface area contributed by atoms with Crippen LogP contribution in [0, 0.1) is 5.92 Å². The Morgan fingerprint density at radius 3 is 3.10 bits per heavy atom. The molecule has 1 fully saturated rings. The Kier molecular flexibility index (Phi) is 4.34. The molecular weight excluding hydrogens is 316 g/mol. The summed E-state index contributed by atoms with van der Waals surface area (Å²) >= 11 is 3.60. The van der Waals surface area contributed by atoms with Gasteiger partial charge in [0.1, 0.15) is 0 Å². The molecule has 0 N–H and O–H groups in total. The van der Waals surface area contributed by atoms with Gasteiger partial charge in [-0.1, -0.05) is 28.1 Å². The van der Waals surface area contributed by atoms with Crippen LogP contribution in [0.2, 0.25) is 0 Å². The Hall–Kier alpha value is -0.970. The molecule has 4 heteroatoms. The fraction of sp³-hybridized carbons (Fsp3) is 0.438. The zero-order chi connectivity index (χ0) is 13.9. The smallest absolute Gasteiger partial charge is 0.0758 e. The quantitative estimate of drug-likeness (QED) is 0.856. The van der Waals surface area contributed by atoms with Gasteiger partial charge in [0.05, 0.1) is 12.1 Å². The maximum absolute atomic E-state index is 5.45. The van der Waals surface area contributed by atoms with Crippen LogP contribution in [0.25, 0.3) is 10.9 Å². The van der Waals surface area contributed by atoms with Gasteiger partial charge in [-0.05, 0) is 37.1 Å². The molecule has 0 aliphatic carbocycles. The normalized spacial score (nSPS) is 19.1. The topological polar surface area (TPSA) is 25.4 Å². The van der Waals surface area contributed by atoms with Crippen LogP contribution in [0.5, 0.6) is 0 Å². The summed E-state index contributed by atoms with van der Waals surface area (Å²) in [5, 5.41) is 1.18. The molecule has 1 atom stereocenters. The summed E-state index contributed by atoms with van der Waals surface area (Å²) in [7, 11) is 2.18. The third kappa shape index (κ3) is 3.03. The van der Waals surface area contributed by atoms with E-state index in [2.05, 4.69) is 51.1 Å². The minimum absolute atomic E-state index is 0.676. The van der Waals surface area contributed by atoms with E-state index < -0.39 is 0 Å². The van der Waals surface area contributed by atoms with E-state index >= 15 is 0 Å². The van der Waals surface area contributed by atoms with Crippen LogP contribution in [-0.4, -0.2) is 36.7 Å². The number of fused-ring (bicyclic) bond motifs is 1. The van der Waals surface area contributed by atoms with Gasteiger partial charge in [-0.15, -0.1) is 0 Å². The van der Waals surface area contributed by atoms with Crippen LogP contribution in [0.15, 0.2) is 34.9 Å². The van der Waals surface area contributed by atoms with Gasteiger partial charge in [0.15, 0.2) is 0 Å². The van der Waals surface area contributed by atoms with Crippen LogP contribution in [0.3, 0.4) is 0 Å². The molecule has 0 saturated carbocycles. The Balaban J connectivity index is 1.78. The molecule has 1 saturated heterocycles. The van der Waals surface area contributed by atoms with Gasteiger partial charge in [-0.25, -0.2) is 0 Å². The van der Waals surface area contributed by atoms with E-state index in [9.17, 15) is 0 Å². The number of benzene rings is 1. The van der Waals surface area contributed by atoms with E-state index in [4.69, 9.17) is 4.74 Å². The van der Waals surface area contributed by atoms with Crippen LogP contribution >= 0.6 is 15.9 Å². The molecule has 3 rings (SSSR count). The van der Waals surface area contributed by atoms with Crippen molar-refractivity contribution >= 4 is 26.8 Å². The first-order valence-corrected chi connectivity index (χ1v) is 7.82. The van der Waals surface area contributed by atoms with E-state index in [1.54, 1.807) is 0 Å². The molecule has 0 unspecified atom stereocenters. The van der Waals surface area contributed by atoms with Crippen molar-refractivity contribution in [2.75, 3.05) is 26.8 Å². The lowest BCUT2D eigenvalue weighted by Crippen LogP contribution is -2.25. The van der Waals surface area contributed by atoms with Crippen LogP contribution < -0.4 is 0 Å². The summed E-state index contributed by atoms with van der Waals surface area (Å²) in [6.45, 7) is 3.84. The van der Waals surface area contributed by atoms with Gasteiger partial charge in [-0.3, -0.25) is 4.98 Å². The lowest BCUT2D eigenvalue weighted by molar-refractivity contribution is 0.173. The number of aromatic nitrogens is 1. The average molecular weight is 335 g/mol. The fourth-order valence-corrected chi connectivity index (χ4v) is 3.30. The monoisotopic (exact) mass is 334 g/mol. The number of nitrogens with zero attached hydrogens (tertiary/aromatic N) is 2. The molecule has 106 valence electrons. The molecule has 2 aromatic rings. The Morgan fingerprint density at radius 2 is 2.30 bits per heavy atom. The second-order valence-electron chi connectivity index (χ2n) is 5.53. The van der Waals surface area contributed by atoms with Crippen molar-refractivity contribution in [1.29, 1.82) is 0 Å². The Bertz CT molecular complexity index is 596. The molecule has 0 bridgehead atoms. The van der Waals surface area contributed by atoms with Crippen molar-refractivity contribution in [3.05, 3.63) is 40.5 Å². The molecule has 20 heavy (non-hydrogen) atoms. The van der Waals surface area contributed by atoms with Crippen LogP contribution in [0.1, 0.15) is 12.0 Å². The summed E-state index contributed by atoms with van der Waals surface area (Å²) in [4.78, 5) is 6.92. The molecule has 1 aliphatic heterocycles. The van der Waals surface area contributed by atoms with Crippen molar-refractivity contribution in [2.45, 2.75) is 13.0 Å². The predicted octanol–water partition coefficient (Wildman–Crippen LogP) is 3.47. The molecule has 0 radical (unpaired) electrons. The largest absolute Gasteiger partial charge is 0.381 e. The highest BCUT2D eigenvalue weighted by atomic mass is 79.9. The standard InChI is InChI=1S/C16H19BrN2O/c1-19(9-12-6-8-20-11-12)10-13-4-5-15(17)14-3-2-7-18-16(13)14/h2-5,7,12H,6,8-11H2,1H3/t12-/m0/s1. The number of hydrogen-bond acceptors (Lipinski definition) is 3. The minimum atomic E-state index is 0.676. The van der Waals surface area contributed by atoms with E-state index in [-0.39, 0.29) is 0 Å². The number of rotatable bonds is 4. The van der Waals surface area contributed by atoms with E-state index in [1.165, 1.54) is 17.4 Å². The minimum Gasteiger partial charge on any atom is -0.381 e. The van der Waals surface area contributed by atoms with Crippen LogP contribution in [-0.2, 0) is 11.3 Å². The van der Waals surface area contributed by atoms with Crippen molar-refractivity contribution in [3.63, 3.8) is 0 Å². The van der Waals surface area contributed by atoms with Gasteiger partial charge in [0, 0.05) is 35.8 Å². The Labute approximate surface area is 128 Å². The predicted molar refractivity (Wildman–Crippen MR) is 84.7 cm³/mol. The zero-order valence-corrected chi connectivity index (χ0v) is 13.3. The molecule has 0 spiro atoms. The molecule has 1 aliphatic rings. The maximum Gasteiger partial charge on any atom is 0.0758 e. The average Bonchev–Trinajstić information content (AvgIpc) is 2.95. The first-order valence-electron chi connectivity index (χ1n) is 7.02. The third-order valence-electron chi connectivity index (χ3n) is 3.83. The van der Waals surface area contributed by atoms with Crippen molar-refractivity contribution < 1.29 is 4.74 Å². The van der Waals surface area contributed by atoms with Crippen LogP contribution in [0.4, 0.5) is 0 Å². The second-order valence-corrected chi connectivity index (χ2v) is 6.39. The number of ether oxygens (including phenoxy) is 1. The lowest BCUT2D eigenvalue weighted by Gasteiger charge is -2.20. The molecule has 2 heterocycles. The lowest BCUT2D eigenvalue weighted by atomic mass is 10.1. The first kappa shape index (κ1) is 14.0. The molecular formula is C16H19BrN2O. The van der Waals surface area contributed by atoms with E-state index in [0.29, 0.717) is 5.92 Å². The maximum atomic E-state index is 5.45. The summed E-state index contributed by atoms with van der Waals surface area (Å²) in [6.07, 6.45) is 3.05. The highest BCUT2D eigenvalue weighted by Crippen LogP contribution is 2.26. The molecule has 0 amide bonds. The number of hydrogen-bond donors (Lipinski definition) is 0. The summed E-state index contributed by atoms with van der Waals surface area (Å²) in [6, 6.07) is 8.38. The van der Waals surface area contributed by atoms with Gasteiger partial charge in [0.2, 0.25) is 0 Å². The van der Waals surface area contributed by atoms with Gasteiger partial charge in [0.25, 0.3) is 0 Å². The second kappa shape index (κ2) is 6.20. The number of halogens is 1. The Morgan fingerprint density at radius 1 is 1.40 bits per heavy atom. The van der Waals surface area contributed by atoms with Crippen molar-refractivity contribution in [1.82, 2.24) is 9.88 Å².